The summed E-state index contributed by atoms with van der Waals surface area (Å²) in [5, 5.41) is 9.91. The van der Waals surface area contributed by atoms with Crippen molar-refractivity contribution in [2.75, 3.05) is 25.5 Å². The van der Waals surface area contributed by atoms with Crippen LogP contribution in [0.25, 0.3) is 10.8 Å². The van der Waals surface area contributed by atoms with Crippen LogP contribution in [0.1, 0.15) is 12.8 Å². The number of likely N-dealkylation sites (N-methyl/N-ethyl adjacent to an activating group) is 1. The molecular weight excluding hydrogens is 278 g/mol. The number of fused-ring (bicyclic) bond motifs is 1. The van der Waals surface area contributed by atoms with Crippen molar-refractivity contribution in [1.82, 2.24) is 10.2 Å². The lowest BCUT2D eigenvalue weighted by molar-refractivity contribution is 0.241. The maximum atomic E-state index is 5.44. The fourth-order valence-electron chi connectivity index (χ4n) is 2.90. The summed E-state index contributed by atoms with van der Waals surface area (Å²) in [6.45, 7) is 2.24. The van der Waals surface area contributed by atoms with Crippen molar-refractivity contribution < 1.29 is 0 Å². The molecule has 2 aromatic carbocycles. The highest BCUT2D eigenvalue weighted by atomic mass is 32.1. The van der Waals surface area contributed by atoms with E-state index in [0.717, 1.165) is 12.2 Å². The van der Waals surface area contributed by atoms with Crippen LogP contribution in [0.4, 0.5) is 5.69 Å². The first kappa shape index (κ1) is 14.3. The van der Waals surface area contributed by atoms with Crippen LogP contribution in [-0.2, 0) is 0 Å². The van der Waals surface area contributed by atoms with E-state index in [1.165, 1.54) is 30.2 Å². The molecule has 0 radical (unpaired) electrons. The Morgan fingerprint density at radius 2 is 2.00 bits per heavy atom. The number of thiocarbonyl (C=S) groups is 1. The number of likely N-dealkylation sites (tertiary alicyclic amines) is 1. The molecule has 0 aromatic heterocycles. The Morgan fingerprint density at radius 3 is 2.81 bits per heavy atom. The average Bonchev–Trinajstić information content (AvgIpc) is 2.47. The van der Waals surface area contributed by atoms with Crippen LogP contribution < -0.4 is 10.6 Å². The molecule has 4 heteroatoms. The van der Waals surface area contributed by atoms with Crippen LogP contribution in [0.3, 0.4) is 0 Å². The van der Waals surface area contributed by atoms with E-state index in [-0.39, 0.29) is 0 Å². The van der Waals surface area contributed by atoms with Crippen LogP contribution in [0.5, 0.6) is 0 Å². The van der Waals surface area contributed by atoms with Gasteiger partial charge in [0.2, 0.25) is 0 Å². The number of hydrogen-bond acceptors (Lipinski definition) is 2. The summed E-state index contributed by atoms with van der Waals surface area (Å²) in [4.78, 5) is 2.35. The topological polar surface area (TPSA) is 27.3 Å². The maximum absolute atomic E-state index is 5.44. The van der Waals surface area contributed by atoms with Crippen molar-refractivity contribution in [2.24, 2.45) is 0 Å². The Balaban J connectivity index is 1.63. The van der Waals surface area contributed by atoms with E-state index in [2.05, 4.69) is 65.0 Å². The summed E-state index contributed by atoms with van der Waals surface area (Å²) in [6.07, 6.45) is 2.41. The summed E-state index contributed by atoms with van der Waals surface area (Å²) in [7, 11) is 2.16. The number of rotatable bonds is 2. The van der Waals surface area contributed by atoms with E-state index in [0.29, 0.717) is 11.2 Å². The third-order valence-corrected chi connectivity index (χ3v) is 4.19. The van der Waals surface area contributed by atoms with E-state index in [9.17, 15) is 0 Å². The van der Waals surface area contributed by atoms with Gasteiger partial charge in [-0.2, -0.15) is 0 Å². The molecule has 0 aliphatic carbocycles. The lowest BCUT2D eigenvalue weighted by atomic mass is 10.1. The van der Waals surface area contributed by atoms with Crippen LogP contribution in [0.2, 0.25) is 0 Å². The number of nitrogens with one attached hydrogen (secondary N) is 2. The second-order valence-electron chi connectivity index (χ2n) is 5.76. The van der Waals surface area contributed by atoms with Crippen molar-refractivity contribution in [3.8, 4) is 0 Å². The molecule has 0 bridgehead atoms. The standard InChI is InChI=1S/C17H21N3S/c1-20-10-4-7-16(12-20)19-17(21)18-15-9-8-13-5-2-3-6-14(13)11-15/h2-3,5-6,8-9,11,16H,4,7,10,12H2,1H3,(H2,18,19,21)/t16-/m0/s1. The average molecular weight is 299 g/mol. The monoisotopic (exact) mass is 299 g/mol. The first-order valence-electron chi connectivity index (χ1n) is 7.45. The minimum Gasteiger partial charge on any atom is -0.358 e. The Bertz CT molecular complexity index is 641. The summed E-state index contributed by atoms with van der Waals surface area (Å²) in [6, 6.07) is 15.1. The first-order chi connectivity index (χ1) is 10.2. The first-order valence-corrected chi connectivity index (χ1v) is 7.86. The van der Waals surface area contributed by atoms with Crippen molar-refractivity contribution in [3.63, 3.8) is 0 Å². The molecule has 1 fully saturated rings. The van der Waals surface area contributed by atoms with Gasteiger partial charge in [0, 0.05) is 18.3 Å². The van der Waals surface area contributed by atoms with Gasteiger partial charge in [0.15, 0.2) is 5.11 Å². The second-order valence-corrected chi connectivity index (χ2v) is 6.17. The Labute approximate surface area is 131 Å². The predicted molar refractivity (Wildman–Crippen MR) is 93.8 cm³/mol. The normalized spacial score (nSPS) is 19.4. The summed E-state index contributed by atoms with van der Waals surface area (Å²) in [5.74, 6) is 0. The summed E-state index contributed by atoms with van der Waals surface area (Å²) < 4.78 is 0. The van der Waals surface area contributed by atoms with E-state index >= 15 is 0 Å². The Hall–Kier alpha value is -1.65. The smallest absolute Gasteiger partial charge is 0.171 e. The highest BCUT2D eigenvalue weighted by Crippen LogP contribution is 2.19. The molecular formula is C17H21N3S. The number of nitrogens with zero attached hydrogens (tertiary/aromatic N) is 1. The zero-order valence-corrected chi connectivity index (χ0v) is 13.1. The van der Waals surface area contributed by atoms with Gasteiger partial charge in [-0.25, -0.2) is 0 Å². The third kappa shape index (κ3) is 3.71. The summed E-state index contributed by atoms with van der Waals surface area (Å²) >= 11 is 5.44. The summed E-state index contributed by atoms with van der Waals surface area (Å²) in [5.41, 5.74) is 1.04. The molecule has 3 rings (SSSR count). The van der Waals surface area contributed by atoms with E-state index in [1.54, 1.807) is 0 Å². The highest BCUT2D eigenvalue weighted by Gasteiger charge is 2.17. The molecule has 110 valence electrons. The molecule has 0 spiro atoms. The van der Waals surface area contributed by atoms with E-state index in [4.69, 9.17) is 12.2 Å². The van der Waals surface area contributed by atoms with Crippen LogP contribution in [-0.4, -0.2) is 36.2 Å². The van der Waals surface area contributed by atoms with Crippen LogP contribution >= 0.6 is 12.2 Å². The molecule has 0 saturated carbocycles. The number of benzene rings is 2. The van der Waals surface area contributed by atoms with Crippen molar-refractivity contribution >= 4 is 33.8 Å². The fraction of sp³-hybridized carbons (Fsp3) is 0.353. The third-order valence-electron chi connectivity index (χ3n) is 3.97. The van der Waals surface area contributed by atoms with Gasteiger partial charge in [0.25, 0.3) is 0 Å². The molecule has 1 saturated heterocycles. The zero-order valence-electron chi connectivity index (χ0n) is 12.3. The molecule has 1 heterocycles. The molecule has 2 N–H and O–H groups in total. The van der Waals surface area contributed by atoms with Gasteiger partial charge in [0.05, 0.1) is 0 Å². The fourth-order valence-corrected chi connectivity index (χ4v) is 3.19. The minimum atomic E-state index is 0.448. The van der Waals surface area contributed by atoms with Gasteiger partial charge in [-0.05, 0) is 61.6 Å². The zero-order chi connectivity index (χ0) is 14.7. The molecule has 0 amide bonds. The molecule has 1 aliphatic heterocycles. The van der Waals surface area contributed by atoms with Crippen LogP contribution in [0.15, 0.2) is 42.5 Å². The van der Waals surface area contributed by atoms with Gasteiger partial charge in [-0.1, -0.05) is 30.3 Å². The molecule has 2 aromatic rings. The minimum absolute atomic E-state index is 0.448. The maximum Gasteiger partial charge on any atom is 0.171 e. The van der Waals surface area contributed by atoms with Gasteiger partial charge in [-0.3, -0.25) is 0 Å². The van der Waals surface area contributed by atoms with Gasteiger partial charge >= 0.3 is 0 Å². The molecule has 1 atom stereocenters. The van der Waals surface area contributed by atoms with E-state index in [1.807, 2.05) is 0 Å². The molecule has 1 aliphatic rings. The molecule has 0 unspecified atom stereocenters. The molecule has 3 nitrogen and oxygen atoms in total. The lowest BCUT2D eigenvalue weighted by Gasteiger charge is -2.31. The Morgan fingerprint density at radius 1 is 1.19 bits per heavy atom. The van der Waals surface area contributed by atoms with Crippen LogP contribution in [0, 0.1) is 0 Å². The second kappa shape index (κ2) is 6.41. The quantitative estimate of drug-likeness (QED) is 0.833. The predicted octanol–water partition coefficient (Wildman–Crippen LogP) is 3.22. The molecule has 21 heavy (non-hydrogen) atoms. The van der Waals surface area contributed by atoms with Gasteiger partial charge in [0.1, 0.15) is 0 Å². The Kier molecular flexibility index (Phi) is 4.36. The SMILES string of the molecule is CN1CCC[C@H](NC(=S)Nc2ccc3ccccc3c2)C1. The van der Waals surface area contributed by atoms with Gasteiger partial charge < -0.3 is 15.5 Å². The van der Waals surface area contributed by atoms with Gasteiger partial charge in [-0.15, -0.1) is 0 Å². The number of hydrogen-bond donors (Lipinski definition) is 2. The van der Waals surface area contributed by atoms with E-state index < -0.39 is 0 Å². The largest absolute Gasteiger partial charge is 0.358 e. The van der Waals surface area contributed by atoms with Crippen molar-refractivity contribution in [3.05, 3.63) is 42.5 Å². The number of piperidine rings is 1. The lowest BCUT2D eigenvalue weighted by Crippen LogP contribution is -2.47. The van der Waals surface area contributed by atoms with Crippen molar-refractivity contribution in [1.29, 1.82) is 0 Å². The van der Waals surface area contributed by atoms with Crippen molar-refractivity contribution in [2.45, 2.75) is 18.9 Å². The number of anilines is 1. The highest BCUT2D eigenvalue weighted by molar-refractivity contribution is 7.80.